The molecule has 1 rings (SSSR count). The second-order valence-electron chi connectivity index (χ2n) is 2.90. The zero-order valence-corrected chi connectivity index (χ0v) is 6.91. The van der Waals surface area contributed by atoms with Gasteiger partial charge in [0.25, 0.3) is 0 Å². The van der Waals surface area contributed by atoms with Crippen LogP contribution in [0.4, 0.5) is 0 Å². The van der Waals surface area contributed by atoms with Crippen LogP contribution in [0.2, 0.25) is 0 Å². The van der Waals surface area contributed by atoms with E-state index in [0.29, 0.717) is 0 Å². The van der Waals surface area contributed by atoms with E-state index in [-0.39, 0.29) is 5.54 Å². The fourth-order valence-corrected chi connectivity index (χ4v) is 0.798. The van der Waals surface area contributed by atoms with E-state index in [1.165, 1.54) is 6.33 Å². The smallest absolute Gasteiger partial charge is 0.115 e. The van der Waals surface area contributed by atoms with E-state index in [2.05, 4.69) is 9.97 Å². The molecular formula is C8H13N3. The molecule has 2 N–H and O–H groups in total. The Morgan fingerprint density at radius 2 is 2.00 bits per heavy atom. The van der Waals surface area contributed by atoms with Gasteiger partial charge in [-0.05, 0) is 13.3 Å². The highest BCUT2D eigenvalue weighted by Crippen LogP contribution is 2.18. The van der Waals surface area contributed by atoms with Crippen LogP contribution in [0.5, 0.6) is 0 Å². The zero-order chi connectivity index (χ0) is 8.32. The van der Waals surface area contributed by atoms with Gasteiger partial charge in [0.05, 0.1) is 0 Å². The lowest BCUT2D eigenvalue weighted by Gasteiger charge is -2.21. The molecule has 0 aromatic carbocycles. The van der Waals surface area contributed by atoms with Crippen molar-refractivity contribution in [1.82, 2.24) is 9.97 Å². The van der Waals surface area contributed by atoms with E-state index >= 15 is 0 Å². The minimum absolute atomic E-state index is 0.290. The minimum atomic E-state index is -0.290. The summed E-state index contributed by atoms with van der Waals surface area (Å²) in [5, 5.41) is 0. The number of rotatable bonds is 2. The number of nitrogens with zero attached hydrogens (tertiary/aromatic N) is 2. The number of aromatic nitrogens is 2. The predicted molar refractivity (Wildman–Crippen MR) is 43.9 cm³/mol. The van der Waals surface area contributed by atoms with Crippen LogP contribution in [-0.2, 0) is 5.54 Å². The van der Waals surface area contributed by atoms with E-state index in [0.717, 1.165) is 12.0 Å². The Balaban J connectivity index is 2.93. The Labute approximate surface area is 66.7 Å². The third-order valence-corrected chi connectivity index (χ3v) is 1.95. The van der Waals surface area contributed by atoms with Crippen LogP contribution in [0.15, 0.2) is 18.7 Å². The van der Waals surface area contributed by atoms with E-state index < -0.39 is 0 Å². The van der Waals surface area contributed by atoms with E-state index in [1.807, 2.05) is 13.8 Å². The molecule has 0 bridgehead atoms. The molecule has 0 saturated carbocycles. The summed E-state index contributed by atoms with van der Waals surface area (Å²) in [6, 6.07) is 0. The second-order valence-corrected chi connectivity index (χ2v) is 2.90. The van der Waals surface area contributed by atoms with Crippen LogP contribution in [-0.4, -0.2) is 9.97 Å². The average molecular weight is 151 g/mol. The van der Waals surface area contributed by atoms with Gasteiger partial charge in [0.2, 0.25) is 0 Å². The maximum absolute atomic E-state index is 5.96. The summed E-state index contributed by atoms with van der Waals surface area (Å²) in [6.07, 6.45) is 5.92. The fraction of sp³-hybridized carbons (Fsp3) is 0.500. The molecule has 0 fully saturated rings. The number of hydrogen-bond donors (Lipinski definition) is 1. The van der Waals surface area contributed by atoms with Gasteiger partial charge in [0.15, 0.2) is 0 Å². The van der Waals surface area contributed by atoms with Crippen molar-refractivity contribution in [2.45, 2.75) is 25.8 Å². The third kappa shape index (κ3) is 1.74. The molecule has 60 valence electrons. The summed E-state index contributed by atoms with van der Waals surface area (Å²) in [6.45, 7) is 4.03. The molecule has 0 amide bonds. The Kier molecular flexibility index (Phi) is 2.19. The summed E-state index contributed by atoms with van der Waals surface area (Å²) in [4.78, 5) is 7.82. The molecule has 1 aromatic rings. The molecule has 1 atom stereocenters. The summed E-state index contributed by atoms with van der Waals surface area (Å²) < 4.78 is 0. The van der Waals surface area contributed by atoms with Gasteiger partial charge in [-0.1, -0.05) is 6.92 Å². The Morgan fingerprint density at radius 1 is 1.45 bits per heavy atom. The largest absolute Gasteiger partial charge is 0.322 e. The molecule has 0 aliphatic heterocycles. The van der Waals surface area contributed by atoms with Gasteiger partial charge >= 0.3 is 0 Å². The first-order chi connectivity index (χ1) is 5.17. The van der Waals surface area contributed by atoms with Gasteiger partial charge < -0.3 is 5.73 Å². The zero-order valence-electron chi connectivity index (χ0n) is 6.91. The summed E-state index contributed by atoms with van der Waals surface area (Å²) in [5.41, 5.74) is 6.66. The number of hydrogen-bond acceptors (Lipinski definition) is 3. The Morgan fingerprint density at radius 3 is 2.45 bits per heavy atom. The molecule has 3 nitrogen and oxygen atoms in total. The molecule has 11 heavy (non-hydrogen) atoms. The third-order valence-electron chi connectivity index (χ3n) is 1.95. The highest BCUT2D eigenvalue weighted by atomic mass is 14.8. The lowest BCUT2D eigenvalue weighted by atomic mass is 9.93. The highest BCUT2D eigenvalue weighted by molar-refractivity contribution is 5.14. The molecule has 0 radical (unpaired) electrons. The molecule has 3 heteroatoms. The van der Waals surface area contributed by atoms with Crippen LogP contribution in [0.3, 0.4) is 0 Å². The van der Waals surface area contributed by atoms with Crippen molar-refractivity contribution in [3.8, 4) is 0 Å². The monoisotopic (exact) mass is 151 g/mol. The highest BCUT2D eigenvalue weighted by Gasteiger charge is 2.18. The molecule has 1 heterocycles. The van der Waals surface area contributed by atoms with E-state index in [1.54, 1.807) is 12.4 Å². The van der Waals surface area contributed by atoms with Crippen molar-refractivity contribution in [3.63, 3.8) is 0 Å². The molecule has 0 aliphatic carbocycles. The molecular weight excluding hydrogens is 138 g/mol. The summed E-state index contributed by atoms with van der Waals surface area (Å²) in [5.74, 6) is 0. The topological polar surface area (TPSA) is 51.8 Å². The van der Waals surface area contributed by atoms with Crippen molar-refractivity contribution < 1.29 is 0 Å². The van der Waals surface area contributed by atoms with Crippen LogP contribution >= 0.6 is 0 Å². The van der Waals surface area contributed by atoms with Gasteiger partial charge in [0.1, 0.15) is 6.33 Å². The first-order valence-corrected chi connectivity index (χ1v) is 3.71. The van der Waals surface area contributed by atoms with Gasteiger partial charge in [0, 0.05) is 23.5 Å². The standard InChI is InChI=1S/C8H13N3/c1-3-8(2,9)7-4-10-6-11-5-7/h4-6H,3,9H2,1-2H3. The van der Waals surface area contributed by atoms with Gasteiger partial charge in [-0.3, -0.25) is 0 Å². The van der Waals surface area contributed by atoms with Gasteiger partial charge in [-0.2, -0.15) is 0 Å². The summed E-state index contributed by atoms with van der Waals surface area (Å²) in [7, 11) is 0. The van der Waals surface area contributed by atoms with Gasteiger partial charge in [-0.25, -0.2) is 9.97 Å². The van der Waals surface area contributed by atoms with Gasteiger partial charge in [-0.15, -0.1) is 0 Å². The van der Waals surface area contributed by atoms with E-state index in [4.69, 9.17) is 5.73 Å². The summed E-state index contributed by atoms with van der Waals surface area (Å²) >= 11 is 0. The molecule has 0 saturated heterocycles. The van der Waals surface area contributed by atoms with E-state index in [9.17, 15) is 0 Å². The predicted octanol–water partition coefficient (Wildman–Crippen LogP) is 1.06. The lowest BCUT2D eigenvalue weighted by molar-refractivity contribution is 0.473. The fourth-order valence-electron chi connectivity index (χ4n) is 0.798. The van der Waals surface area contributed by atoms with Crippen molar-refractivity contribution in [2.75, 3.05) is 0 Å². The normalized spacial score (nSPS) is 15.9. The van der Waals surface area contributed by atoms with Crippen molar-refractivity contribution in [1.29, 1.82) is 0 Å². The van der Waals surface area contributed by atoms with Crippen LogP contribution < -0.4 is 5.73 Å². The van der Waals surface area contributed by atoms with Crippen LogP contribution in [0.25, 0.3) is 0 Å². The maximum Gasteiger partial charge on any atom is 0.115 e. The van der Waals surface area contributed by atoms with Crippen molar-refractivity contribution in [3.05, 3.63) is 24.3 Å². The maximum atomic E-state index is 5.96. The first kappa shape index (κ1) is 8.14. The molecule has 0 aliphatic rings. The number of nitrogens with two attached hydrogens (primary N) is 1. The lowest BCUT2D eigenvalue weighted by Crippen LogP contribution is -2.32. The SMILES string of the molecule is CCC(C)(N)c1cncnc1. The Bertz CT molecular complexity index is 218. The molecule has 1 unspecified atom stereocenters. The Hall–Kier alpha value is -0.960. The molecule has 1 aromatic heterocycles. The average Bonchev–Trinajstić information content (AvgIpc) is 2.06. The quantitative estimate of drug-likeness (QED) is 0.687. The van der Waals surface area contributed by atoms with Crippen LogP contribution in [0, 0.1) is 0 Å². The minimum Gasteiger partial charge on any atom is -0.322 e. The van der Waals surface area contributed by atoms with Crippen LogP contribution in [0.1, 0.15) is 25.8 Å². The molecule has 0 spiro atoms. The first-order valence-electron chi connectivity index (χ1n) is 3.71. The second kappa shape index (κ2) is 2.96. The van der Waals surface area contributed by atoms with Crippen molar-refractivity contribution >= 4 is 0 Å². The van der Waals surface area contributed by atoms with Crippen molar-refractivity contribution in [2.24, 2.45) is 5.73 Å².